The minimum Gasteiger partial charge on any atom is -0.256 e. The summed E-state index contributed by atoms with van der Waals surface area (Å²) >= 11 is 0. The highest BCUT2D eigenvalue weighted by atomic mass is 19.2. The zero-order valence-corrected chi connectivity index (χ0v) is 16.1. The molecule has 2 aromatic carbocycles. The Morgan fingerprint density at radius 1 is 0.621 bits per heavy atom. The minimum atomic E-state index is -2.18. The van der Waals surface area contributed by atoms with Crippen molar-refractivity contribution < 1.29 is 22.0 Å². The fourth-order valence-electron chi connectivity index (χ4n) is 3.03. The Hall–Kier alpha value is -2.76. The summed E-state index contributed by atoms with van der Waals surface area (Å²) < 4.78 is 69.1. The van der Waals surface area contributed by atoms with Gasteiger partial charge in [-0.15, -0.1) is 0 Å². The Morgan fingerprint density at radius 2 is 1.14 bits per heavy atom. The van der Waals surface area contributed by atoms with Crippen LogP contribution in [0.1, 0.15) is 36.8 Å². The van der Waals surface area contributed by atoms with Gasteiger partial charge < -0.3 is 0 Å². The van der Waals surface area contributed by atoms with Crippen LogP contribution in [0.15, 0.2) is 36.5 Å². The van der Waals surface area contributed by atoms with Crippen molar-refractivity contribution in [2.75, 3.05) is 0 Å². The first-order valence-electron chi connectivity index (χ1n) is 9.38. The maximum absolute atomic E-state index is 14.3. The lowest BCUT2D eigenvalue weighted by atomic mass is 9.91. The third kappa shape index (κ3) is 4.02. The topological polar surface area (TPSA) is 12.9 Å². The number of rotatable bonds is 2. The highest BCUT2D eigenvalue weighted by Gasteiger charge is 2.28. The van der Waals surface area contributed by atoms with Gasteiger partial charge in [-0.25, -0.2) is 22.0 Å². The van der Waals surface area contributed by atoms with Gasteiger partial charge in [-0.3, -0.25) is 4.98 Å². The van der Waals surface area contributed by atoms with E-state index in [1.165, 1.54) is 44.0 Å². The number of aromatic nitrogens is 1. The van der Waals surface area contributed by atoms with Crippen LogP contribution in [0, 0.1) is 42.9 Å². The lowest BCUT2D eigenvalue weighted by Crippen LogP contribution is -2.05. The van der Waals surface area contributed by atoms with Gasteiger partial charge in [-0.2, -0.15) is 0 Å². The molecule has 0 radical (unpaired) electrons. The van der Waals surface area contributed by atoms with Crippen LogP contribution >= 0.6 is 0 Å². The normalized spacial score (nSPS) is 12.8. The van der Waals surface area contributed by atoms with Crippen LogP contribution in [0.25, 0.3) is 22.4 Å². The second-order valence-electron chi connectivity index (χ2n) is 7.03. The summed E-state index contributed by atoms with van der Waals surface area (Å²) in [5.74, 6) is -9.85. The van der Waals surface area contributed by atoms with Crippen LogP contribution in [0.3, 0.4) is 0 Å². The van der Waals surface area contributed by atoms with Gasteiger partial charge >= 0.3 is 0 Å². The average molecular weight is 405 g/mol. The summed E-state index contributed by atoms with van der Waals surface area (Å²) in [6.07, 6.45) is 7.50. The molecule has 1 aromatic heterocycles. The smallest absolute Gasteiger partial charge is 0.200 e. The Kier molecular flexibility index (Phi) is 6.30. The van der Waals surface area contributed by atoms with Gasteiger partial charge in [-0.05, 0) is 36.6 Å². The predicted octanol–water partition coefficient (Wildman–Crippen LogP) is 7.29. The van der Waals surface area contributed by atoms with Crippen molar-refractivity contribution >= 4 is 0 Å². The van der Waals surface area contributed by atoms with Crippen LogP contribution in [0.5, 0.6) is 0 Å². The molecular formula is C23H20F5N. The summed E-state index contributed by atoms with van der Waals surface area (Å²) in [5, 5.41) is 0. The van der Waals surface area contributed by atoms with Crippen molar-refractivity contribution in [1.29, 1.82) is 0 Å². The molecule has 29 heavy (non-hydrogen) atoms. The first kappa shape index (κ1) is 21.0. The molecule has 1 nitrogen and oxygen atoms in total. The molecule has 0 N–H and O–H groups in total. The van der Waals surface area contributed by atoms with Gasteiger partial charge in [0.2, 0.25) is 5.82 Å². The number of nitrogens with zero attached hydrogens (tertiary/aromatic N) is 1. The molecule has 0 unspecified atom stereocenters. The number of aryl methyl sites for hydroxylation is 2. The molecule has 0 aliphatic heterocycles. The molecule has 152 valence electrons. The van der Waals surface area contributed by atoms with Crippen molar-refractivity contribution in [3.05, 3.63) is 76.7 Å². The van der Waals surface area contributed by atoms with Gasteiger partial charge in [0.25, 0.3) is 0 Å². The molecule has 4 rings (SSSR count). The van der Waals surface area contributed by atoms with Crippen molar-refractivity contribution in [2.45, 2.75) is 39.5 Å². The summed E-state index contributed by atoms with van der Waals surface area (Å²) in [5.41, 5.74) is 0.989. The van der Waals surface area contributed by atoms with Crippen LogP contribution in [0.4, 0.5) is 22.0 Å². The van der Waals surface area contributed by atoms with E-state index in [-0.39, 0.29) is 5.56 Å². The van der Waals surface area contributed by atoms with Crippen LogP contribution in [0.2, 0.25) is 0 Å². The molecule has 1 aliphatic carbocycles. The SMILES string of the molecule is C1CCC1.Cc1cccnc1-c1c(C)cccc1-c1c(F)c(F)c(F)c(F)c1F. The highest BCUT2D eigenvalue weighted by Crippen LogP contribution is 2.39. The van der Waals surface area contributed by atoms with Crippen LogP contribution < -0.4 is 0 Å². The van der Waals surface area contributed by atoms with E-state index in [4.69, 9.17) is 0 Å². The molecule has 1 aliphatic rings. The zero-order chi connectivity index (χ0) is 21.1. The maximum Gasteiger partial charge on any atom is 0.200 e. The second-order valence-corrected chi connectivity index (χ2v) is 7.03. The van der Waals surface area contributed by atoms with E-state index in [1.807, 2.05) is 0 Å². The van der Waals surface area contributed by atoms with E-state index < -0.39 is 34.6 Å². The Bertz CT molecular complexity index is 1010. The van der Waals surface area contributed by atoms with E-state index in [0.29, 0.717) is 22.4 Å². The minimum absolute atomic E-state index is 0.102. The zero-order valence-electron chi connectivity index (χ0n) is 16.1. The molecule has 6 heteroatoms. The van der Waals surface area contributed by atoms with Crippen molar-refractivity contribution in [2.24, 2.45) is 0 Å². The molecular weight excluding hydrogens is 385 g/mol. The lowest BCUT2D eigenvalue weighted by Gasteiger charge is -2.16. The van der Waals surface area contributed by atoms with Crippen molar-refractivity contribution in [3.63, 3.8) is 0 Å². The third-order valence-electron chi connectivity index (χ3n) is 5.00. The fourth-order valence-corrected chi connectivity index (χ4v) is 3.03. The Morgan fingerprint density at radius 3 is 1.66 bits per heavy atom. The Balaban J connectivity index is 0.000000536. The quantitative estimate of drug-likeness (QED) is 0.248. The second kappa shape index (κ2) is 8.72. The largest absolute Gasteiger partial charge is 0.256 e. The third-order valence-corrected chi connectivity index (χ3v) is 5.00. The van der Waals surface area contributed by atoms with Gasteiger partial charge in [-0.1, -0.05) is 49.9 Å². The van der Waals surface area contributed by atoms with Gasteiger partial charge in [0.1, 0.15) is 0 Å². The molecule has 0 amide bonds. The molecule has 1 heterocycles. The van der Waals surface area contributed by atoms with E-state index >= 15 is 0 Å². The summed E-state index contributed by atoms with van der Waals surface area (Å²) in [6, 6.07) is 7.92. The maximum atomic E-state index is 14.3. The first-order chi connectivity index (χ1) is 13.8. The molecule has 3 aromatic rings. The lowest BCUT2D eigenvalue weighted by molar-refractivity contribution is 0.381. The van der Waals surface area contributed by atoms with E-state index in [2.05, 4.69) is 4.98 Å². The average Bonchev–Trinajstić information content (AvgIpc) is 2.65. The number of benzene rings is 2. The Labute approximate surface area is 166 Å². The number of halogens is 5. The summed E-state index contributed by atoms with van der Waals surface area (Å²) in [7, 11) is 0. The standard InChI is InChI=1S/C19H12F5N.C4H8/c1-9-5-3-7-11(12(9)19-10(2)6-4-8-25-19)13-14(20)16(22)18(24)17(23)15(13)21;1-2-4-3-1/h3-8H,1-2H3;1-4H2. The van der Waals surface area contributed by atoms with Gasteiger partial charge in [0.15, 0.2) is 23.3 Å². The number of pyridine rings is 1. The molecule has 1 saturated carbocycles. The van der Waals surface area contributed by atoms with E-state index in [1.54, 1.807) is 32.0 Å². The molecule has 0 bridgehead atoms. The van der Waals surface area contributed by atoms with Gasteiger partial charge in [0, 0.05) is 11.8 Å². The molecule has 0 atom stereocenters. The number of hydrogen-bond acceptors (Lipinski definition) is 1. The molecule has 0 spiro atoms. The highest BCUT2D eigenvalue weighted by molar-refractivity contribution is 5.85. The van der Waals surface area contributed by atoms with Crippen LogP contribution in [-0.4, -0.2) is 4.98 Å². The monoisotopic (exact) mass is 405 g/mol. The van der Waals surface area contributed by atoms with E-state index in [9.17, 15) is 22.0 Å². The van der Waals surface area contributed by atoms with Crippen molar-refractivity contribution in [3.8, 4) is 22.4 Å². The summed E-state index contributed by atoms with van der Waals surface area (Å²) in [6.45, 7) is 3.43. The number of hydrogen-bond donors (Lipinski definition) is 0. The van der Waals surface area contributed by atoms with E-state index in [0.717, 1.165) is 0 Å². The first-order valence-corrected chi connectivity index (χ1v) is 9.38. The molecule has 0 saturated heterocycles. The summed E-state index contributed by atoms with van der Waals surface area (Å²) in [4.78, 5) is 4.21. The van der Waals surface area contributed by atoms with Crippen molar-refractivity contribution in [1.82, 2.24) is 4.98 Å². The fraction of sp³-hybridized carbons (Fsp3) is 0.261. The van der Waals surface area contributed by atoms with Crippen LogP contribution in [-0.2, 0) is 0 Å². The van der Waals surface area contributed by atoms with Gasteiger partial charge in [0.05, 0.1) is 11.3 Å². The molecule has 1 fully saturated rings. The predicted molar refractivity (Wildman–Crippen MR) is 103 cm³/mol.